The number of hydrogen-bond donors (Lipinski definition) is 1. The lowest BCUT2D eigenvalue weighted by Gasteiger charge is -2.27. The van der Waals surface area contributed by atoms with Gasteiger partial charge < -0.3 is 19.7 Å². The zero-order valence-electron chi connectivity index (χ0n) is 15.7. The van der Waals surface area contributed by atoms with E-state index in [0.29, 0.717) is 19.8 Å². The van der Waals surface area contributed by atoms with E-state index in [0.717, 1.165) is 39.1 Å². The smallest absolute Gasteiger partial charge is 0.317 e. The highest BCUT2D eigenvalue weighted by atomic mass is 32.1. The average molecular weight is 375 g/mol. The summed E-state index contributed by atoms with van der Waals surface area (Å²) in [6.45, 7) is 7.70. The number of hydrogen-bond acceptors (Lipinski definition) is 5. The highest BCUT2D eigenvalue weighted by Gasteiger charge is 2.20. The molecule has 0 fully saturated rings. The van der Waals surface area contributed by atoms with Crippen molar-refractivity contribution in [2.75, 3.05) is 20.3 Å². The number of amides is 2. The van der Waals surface area contributed by atoms with Gasteiger partial charge in [-0.25, -0.2) is 9.78 Å². The molecule has 7 heteroatoms. The first kappa shape index (κ1) is 18.5. The van der Waals surface area contributed by atoms with Crippen molar-refractivity contribution in [1.82, 2.24) is 15.2 Å². The van der Waals surface area contributed by atoms with Crippen LogP contribution in [0.2, 0.25) is 0 Å². The van der Waals surface area contributed by atoms with Crippen LogP contribution in [0, 0.1) is 6.92 Å². The molecule has 0 radical (unpaired) electrons. The fourth-order valence-corrected chi connectivity index (χ4v) is 3.89. The average Bonchev–Trinajstić information content (AvgIpc) is 3.04. The largest absolute Gasteiger partial charge is 0.486 e. The molecule has 1 aliphatic heterocycles. The summed E-state index contributed by atoms with van der Waals surface area (Å²) in [4.78, 5) is 19.9. The van der Waals surface area contributed by atoms with Crippen LogP contribution in [0.3, 0.4) is 0 Å². The van der Waals surface area contributed by atoms with Gasteiger partial charge in [0.15, 0.2) is 11.5 Å². The molecule has 2 aromatic rings. The number of rotatable bonds is 5. The molecule has 1 aromatic heterocycles. The highest BCUT2D eigenvalue weighted by molar-refractivity contribution is 7.11. The van der Waals surface area contributed by atoms with Crippen molar-refractivity contribution in [3.8, 4) is 11.5 Å². The Morgan fingerprint density at radius 2 is 2.08 bits per heavy atom. The van der Waals surface area contributed by atoms with Crippen LogP contribution in [0.4, 0.5) is 4.79 Å². The van der Waals surface area contributed by atoms with Gasteiger partial charge in [0.2, 0.25) is 0 Å². The van der Waals surface area contributed by atoms with E-state index < -0.39 is 0 Å². The van der Waals surface area contributed by atoms with Gasteiger partial charge in [-0.1, -0.05) is 13.0 Å². The number of nitrogens with one attached hydrogen (secondary N) is 1. The highest BCUT2D eigenvalue weighted by Crippen LogP contribution is 2.33. The Hall–Kier alpha value is -2.28. The third-order valence-corrected chi connectivity index (χ3v) is 5.58. The molecular formula is C19H25N3O3S. The minimum atomic E-state index is -0.111. The number of urea groups is 1. The van der Waals surface area contributed by atoms with Crippen LogP contribution < -0.4 is 14.8 Å². The molecule has 3 rings (SSSR count). The van der Waals surface area contributed by atoms with E-state index in [9.17, 15) is 4.79 Å². The Kier molecular flexibility index (Phi) is 5.66. The maximum Gasteiger partial charge on any atom is 0.317 e. The Balaban J connectivity index is 1.64. The molecule has 2 heterocycles. The molecule has 26 heavy (non-hydrogen) atoms. The molecule has 1 N–H and O–H groups in total. The third kappa shape index (κ3) is 3.93. The number of carbonyl (C=O) groups excluding carboxylic acids is 1. The number of aromatic nitrogens is 1. The molecule has 0 bridgehead atoms. The van der Waals surface area contributed by atoms with Crippen LogP contribution >= 0.6 is 11.3 Å². The Morgan fingerprint density at radius 1 is 1.35 bits per heavy atom. The summed E-state index contributed by atoms with van der Waals surface area (Å²) >= 11 is 1.64. The number of ether oxygens (including phenoxy) is 2. The molecule has 2 amide bonds. The first-order chi connectivity index (χ1) is 12.5. The summed E-state index contributed by atoms with van der Waals surface area (Å²) in [6, 6.07) is 5.63. The van der Waals surface area contributed by atoms with Crippen molar-refractivity contribution in [3.63, 3.8) is 0 Å². The third-order valence-electron chi connectivity index (χ3n) is 4.57. The number of fused-ring (bicyclic) bond motifs is 1. The molecular weight excluding hydrogens is 350 g/mol. The topological polar surface area (TPSA) is 63.7 Å². The Bertz CT molecular complexity index is 790. The van der Waals surface area contributed by atoms with Gasteiger partial charge in [0.25, 0.3) is 0 Å². The van der Waals surface area contributed by atoms with E-state index in [1.54, 1.807) is 23.3 Å². The van der Waals surface area contributed by atoms with Crippen molar-refractivity contribution >= 4 is 17.4 Å². The van der Waals surface area contributed by atoms with E-state index in [-0.39, 0.29) is 12.1 Å². The number of nitrogens with zero attached hydrogens (tertiary/aromatic N) is 2. The molecule has 0 aliphatic carbocycles. The molecule has 0 saturated carbocycles. The van der Waals surface area contributed by atoms with Gasteiger partial charge in [0.05, 0.1) is 23.3 Å². The summed E-state index contributed by atoms with van der Waals surface area (Å²) in [5.74, 6) is 1.49. The van der Waals surface area contributed by atoms with Crippen LogP contribution in [0.15, 0.2) is 18.2 Å². The zero-order valence-corrected chi connectivity index (χ0v) is 16.5. The van der Waals surface area contributed by atoms with Gasteiger partial charge in [0, 0.05) is 11.9 Å². The van der Waals surface area contributed by atoms with Gasteiger partial charge in [0.1, 0.15) is 13.2 Å². The molecule has 0 spiro atoms. The summed E-state index contributed by atoms with van der Waals surface area (Å²) in [6.07, 6.45) is 0.874. The van der Waals surface area contributed by atoms with Crippen molar-refractivity contribution < 1.29 is 14.3 Å². The van der Waals surface area contributed by atoms with Crippen molar-refractivity contribution in [2.24, 2.45) is 0 Å². The predicted octanol–water partition coefficient (Wildman–Crippen LogP) is 3.69. The van der Waals surface area contributed by atoms with E-state index in [1.165, 1.54) is 0 Å². The van der Waals surface area contributed by atoms with E-state index >= 15 is 0 Å². The summed E-state index contributed by atoms with van der Waals surface area (Å²) in [5, 5.41) is 4.03. The van der Waals surface area contributed by atoms with Gasteiger partial charge in [-0.3, -0.25) is 0 Å². The zero-order chi connectivity index (χ0) is 18.7. The molecule has 140 valence electrons. The van der Waals surface area contributed by atoms with Gasteiger partial charge in [-0.2, -0.15) is 0 Å². The molecule has 1 aromatic carbocycles. The van der Waals surface area contributed by atoms with Crippen LogP contribution in [-0.2, 0) is 13.0 Å². The van der Waals surface area contributed by atoms with Crippen LogP contribution in [0.1, 0.15) is 41.0 Å². The molecule has 0 unspecified atom stereocenters. The van der Waals surface area contributed by atoms with Gasteiger partial charge in [-0.15, -0.1) is 11.3 Å². The van der Waals surface area contributed by atoms with Crippen LogP contribution in [0.5, 0.6) is 11.5 Å². The van der Waals surface area contributed by atoms with E-state index in [2.05, 4.69) is 17.2 Å². The first-order valence-electron chi connectivity index (χ1n) is 8.85. The van der Waals surface area contributed by atoms with Crippen molar-refractivity contribution in [1.29, 1.82) is 0 Å². The number of benzene rings is 1. The number of thiazole rings is 1. The van der Waals surface area contributed by atoms with Crippen LogP contribution in [0.25, 0.3) is 0 Å². The predicted molar refractivity (Wildman–Crippen MR) is 102 cm³/mol. The normalized spacial score (nSPS) is 14.0. The van der Waals surface area contributed by atoms with Crippen molar-refractivity contribution in [2.45, 2.75) is 39.8 Å². The number of carbonyl (C=O) groups is 1. The lowest BCUT2D eigenvalue weighted by molar-refractivity contribution is 0.170. The summed E-state index contributed by atoms with van der Waals surface area (Å²) in [5.41, 5.74) is 2.07. The van der Waals surface area contributed by atoms with Crippen LogP contribution in [-0.4, -0.2) is 36.2 Å². The van der Waals surface area contributed by atoms with Gasteiger partial charge >= 0.3 is 6.03 Å². The standard InChI is InChI=1S/C19H25N3O3S/c1-5-15-18(26-13(3)21-15)11-20-19(23)22(4)12(2)14-6-7-16-17(10-14)25-9-8-24-16/h6-7,10,12H,5,8-9,11H2,1-4H3,(H,20,23)/t12-/m1/s1. The lowest BCUT2D eigenvalue weighted by Crippen LogP contribution is -2.38. The first-order valence-corrected chi connectivity index (χ1v) is 9.66. The van der Waals surface area contributed by atoms with E-state index in [1.807, 2.05) is 32.0 Å². The molecule has 6 nitrogen and oxygen atoms in total. The molecule has 1 aliphatic rings. The fourth-order valence-electron chi connectivity index (χ4n) is 2.93. The Morgan fingerprint density at radius 3 is 2.81 bits per heavy atom. The number of aryl methyl sites for hydroxylation is 2. The second kappa shape index (κ2) is 7.95. The second-order valence-corrected chi connectivity index (χ2v) is 7.59. The minimum absolute atomic E-state index is 0.0836. The lowest BCUT2D eigenvalue weighted by atomic mass is 10.1. The second-order valence-electron chi connectivity index (χ2n) is 6.30. The minimum Gasteiger partial charge on any atom is -0.486 e. The summed E-state index contributed by atoms with van der Waals surface area (Å²) in [7, 11) is 1.80. The fraction of sp³-hybridized carbons (Fsp3) is 0.474. The molecule has 0 saturated heterocycles. The Labute approximate surface area is 158 Å². The van der Waals surface area contributed by atoms with Gasteiger partial charge in [-0.05, 0) is 38.0 Å². The quantitative estimate of drug-likeness (QED) is 0.866. The SMILES string of the molecule is CCc1nc(C)sc1CNC(=O)N(C)[C@H](C)c1ccc2c(c1)OCCO2. The van der Waals surface area contributed by atoms with E-state index in [4.69, 9.17) is 9.47 Å². The summed E-state index contributed by atoms with van der Waals surface area (Å²) < 4.78 is 11.2. The maximum absolute atomic E-state index is 12.6. The maximum atomic E-state index is 12.6. The van der Waals surface area contributed by atoms with Crippen molar-refractivity contribution in [3.05, 3.63) is 39.3 Å². The molecule has 1 atom stereocenters. The monoisotopic (exact) mass is 375 g/mol.